The Labute approximate surface area is 101 Å². The Morgan fingerprint density at radius 1 is 1.41 bits per heavy atom. The molecule has 0 unspecified atom stereocenters. The second-order valence-electron chi connectivity index (χ2n) is 3.78. The lowest BCUT2D eigenvalue weighted by atomic mass is 10.1. The molecule has 0 bridgehead atoms. The number of sulfone groups is 1. The van der Waals surface area contributed by atoms with Crippen molar-refractivity contribution in [2.24, 2.45) is 5.73 Å². The van der Waals surface area contributed by atoms with E-state index in [1.54, 1.807) is 6.07 Å². The van der Waals surface area contributed by atoms with Crippen LogP contribution in [0.5, 0.6) is 5.75 Å². The van der Waals surface area contributed by atoms with Crippen LogP contribution in [-0.4, -0.2) is 33.6 Å². The molecule has 0 fully saturated rings. The molecule has 1 aromatic carbocycles. The van der Waals surface area contributed by atoms with Gasteiger partial charge >= 0.3 is 0 Å². The third-order valence-corrected chi connectivity index (χ3v) is 3.05. The summed E-state index contributed by atoms with van der Waals surface area (Å²) in [5.41, 5.74) is 6.15. The van der Waals surface area contributed by atoms with Gasteiger partial charge in [-0.25, -0.2) is 12.8 Å². The summed E-state index contributed by atoms with van der Waals surface area (Å²) >= 11 is 0. The minimum atomic E-state index is -3.09. The Morgan fingerprint density at radius 3 is 2.65 bits per heavy atom. The zero-order valence-electron chi connectivity index (χ0n) is 9.65. The molecule has 0 aromatic heterocycles. The Balaban J connectivity index is 2.60. The van der Waals surface area contributed by atoms with Crippen molar-refractivity contribution in [3.05, 3.63) is 29.6 Å². The lowest BCUT2D eigenvalue weighted by Gasteiger charge is -2.07. The second kappa shape index (κ2) is 5.97. The van der Waals surface area contributed by atoms with E-state index in [4.69, 9.17) is 10.5 Å². The first kappa shape index (κ1) is 13.9. The molecule has 0 aliphatic rings. The zero-order chi connectivity index (χ0) is 12.9. The van der Waals surface area contributed by atoms with E-state index in [1.165, 1.54) is 12.1 Å². The molecule has 0 heterocycles. The van der Waals surface area contributed by atoms with E-state index in [-0.39, 0.29) is 18.1 Å². The summed E-state index contributed by atoms with van der Waals surface area (Å²) in [6.45, 7) is 0.402. The van der Waals surface area contributed by atoms with Gasteiger partial charge in [0, 0.05) is 6.26 Å². The predicted molar refractivity (Wildman–Crippen MR) is 64.4 cm³/mol. The van der Waals surface area contributed by atoms with Gasteiger partial charge in [-0.05, 0) is 30.7 Å². The van der Waals surface area contributed by atoms with Gasteiger partial charge in [0.1, 0.15) is 6.61 Å². The van der Waals surface area contributed by atoms with Crippen molar-refractivity contribution in [3.8, 4) is 5.75 Å². The predicted octanol–water partition coefficient (Wildman–Crippen LogP) is 0.750. The Morgan fingerprint density at radius 2 is 2.12 bits per heavy atom. The summed E-state index contributed by atoms with van der Waals surface area (Å²) in [5.74, 6) is -0.560. The van der Waals surface area contributed by atoms with Crippen LogP contribution in [0, 0.1) is 5.82 Å². The molecule has 0 saturated heterocycles. The number of rotatable bonds is 6. The van der Waals surface area contributed by atoms with Crippen LogP contribution in [0.15, 0.2) is 18.2 Å². The van der Waals surface area contributed by atoms with Crippen molar-refractivity contribution in [2.45, 2.75) is 6.42 Å². The van der Waals surface area contributed by atoms with Gasteiger partial charge < -0.3 is 10.5 Å². The standard InChI is InChI=1S/C11H16FNO3S/c1-17(14,15)7-6-16-11-3-2-9(4-5-13)8-10(11)12/h2-3,8H,4-7,13H2,1H3. The SMILES string of the molecule is CS(=O)(=O)CCOc1ccc(CCN)cc1F. The van der Waals surface area contributed by atoms with Gasteiger partial charge in [-0.3, -0.25) is 0 Å². The molecular weight excluding hydrogens is 245 g/mol. The Kier molecular flexibility index (Phi) is 4.89. The summed E-state index contributed by atoms with van der Waals surface area (Å²) in [5, 5.41) is 0. The van der Waals surface area contributed by atoms with Crippen molar-refractivity contribution in [1.29, 1.82) is 0 Å². The van der Waals surface area contributed by atoms with Crippen LogP contribution in [-0.2, 0) is 16.3 Å². The number of ether oxygens (including phenoxy) is 1. The third-order valence-electron chi connectivity index (χ3n) is 2.14. The van der Waals surface area contributed by atoms with Gasteiger partial charge in [0.2, 0.25) is 0 Å². The van der Waals surface area contributed by atoms with E-state index in [0.29, 0.717) is 13.0 Å². The molecule has 0 spiro atoms. The zero-order valence-corrected chi connectivity index (χ0v) is 10.5. The summed E-state index contributed by atoms with van der Waals surface area (Å²) in [4.78, 5) is 0. The number of nitrogens with two attached hydrogens (primary N) is 1. The van der Waals surface area contributed by atoms with Crippen LogP contribution in [0.1, 0.15) is 5.56 Å². The van der Waals surface area contributed by atoms with Crippen molar-refractivity contribution in [1.82, 2.24) is 0 Å². The van der Waals surface area contributed by atoms with Gasteiger partial charge in [0.15, 0.2) is 21.4 Å². The molecule has 0 amide bonds. The summed E-state index contributed by atoms with van der Waals surface area (Å²) in [6, 6.07) is 4.55. The summed E-state index contributed by atoms with van der Waals surface area (Å²) < 4.78 is 40.3. The van der Waals surface area contributed by atoms with Crippen LogP contribution in [0.25, 0.3) is 0 Å². The van der Waals surface area contributed by atoms with Crippen LogP contribution in [0.2, 0.25) is 0 Å². The molecule has 4 nitrogen and oxygen atoms in total. The van der Waals surface area contributed by atoms with Crippen molar-refractivity contribution >= 4 is 9.84 Å². The highest BCUT2D eigenvalue weighted by molar-refractivity contribution is 7.90. The first-order valence-electron chi connectivity index (χ1n) is 5.21. The number of hydrogen-bond donors (Lipinski definition) is 1. The van der Waals surface area contributed by atoms with Gasteiger partial charge in [-0.1, -0.05) is 6.07 Å². The fraction of sp³-hybridized carbons (Fsp3) is 0.455. The van der Waals surface area contributed by atoms with Crippen molar-refractivity contribution in [3.63, 3.8) is 0 Å². The highest BCUT2D eigenvalue weighted by atomic mass is 32.2. The van der Waals surface area contributed by atoms with Gasteiger partial charge in [-0.2, -0.15) is 0 Å². The van der Waals surface area contributed by atoms with Crippen LogP contribution >= 0.6 is 0 Å². The summed E-state index contributed by atoms with van der Waals surface area (Å²) in [6.07, 6.45) is 1.71. The topological polar surface area (TPSA) is 69.4 Å². The van der Waals surface area contributed by atoms with E-state index in [0.717, 1.165) is 11.8 Å². The molecule has 0 aliphatic heterocycles. The van der Waals surface area contributed by atoms with E-state index in [9.17, 15) is 12.8 Å². The van der Waals surface area contributed by atoms with Crippen molar-refractivity contribution in [2.75, 3.05) is 25.2 Å². The van der Waals surface area contributed by atoms with Gasteiger partial charge in [-0.15, -0.1) is 0 Å². The monoisotopic (exact) mass is 261 g/mol. The maximum absolute atomic E-state index is 13.5. The molecule has 2 N–H and O–H groups in total. The molecule has 0 saturated carbocycles. The minimum Gasteiger partial charge on any atom is -0.489 e. The molecule has 1 aromatic rings. The fourth-order valence-electron chi connectivity index (χ4n) is 1.29. The van der Waals surface area contributed by atoms with Crippen LogP contribution in [0.4, 0.5) is 4.39 Å². The summed E-state index contributed by atoms with van der Waals surface area (Å²) in [7, 11) is -3.09. The third kappa shape index (κ3) is 5.14. The number of hydrogen-bond acceptors (Lipinski definition) is 4. The highest BCUT2D eigenvalue weighted by Crippen LogP contribution is 2.18. The smallest absolute Gasteiger partial charge is 0.165 e. The van der Waals surface area contributed by atoms with E-state index in [2.05, 4.69) is 0 Å². The van der Waals surface area contributed by atoms with Crippen LogP contribution < -0.4 is 10.5 Å². The Hall–Kier alpha value is -1.14. The molecule has 0 radical (unpaired) electrons. The minimum absolute atomic E-state index is 0.0496. The normalized spacial score (nSPS) is 11.5. The number of benzene rings is 1. The van der Waals surface area contributed by atoms with E-state index >= 15 is 0 Å². The van der Waals surface area contributed by atoms with E-state index < -0.39 is 15.7 Å². The molecule has 6 heteroatoms. The maximum Gasteiger partial charge on any atom is 0.165 e. The first-order chi connectivity index (χ1) is 7.92. The molecule has 0 aliphatic carbocycles. The molecule has 1 rings (SSSR count). The highest BCUT2D eigenvalue weighted by Gasteiger charge is 2.07. The van der Waals surface area contributed by atoms with E-state index in [1.807, 2.05) is 0 Å². The molecular formula is C11H16FNO3S. The molecule has 0 atom stereocenters. The largest absolute Gasteiger partial charge is 0.489 e. The molecule has 17 heavy (non-hydrogen) atoms. The average Bonchev–Trinajstić information content (AvgIpc) is 2.20. The van der Waals surface area contributed by atoms with Crippen molar-refractivity contribution < 1.29 is 17.5 Å². The first-order valence-corrected chi connectivity index (χ1v) is 7.27. The van der Waals surface area contributed by atoms with Crippen LogP contribution in [0.3, 0.4) is 0 Å². The van der Waals surface area contributed by atoms with Gasteiger partial charge in [0.05, 0.1) is 5.75 Å². The fourth-order valence-corrected chi connectivity index (χ4v) is 1.67. The average molecular weight is 261 g/mol. The molecule has 96 valence electrons. The Bertz CT molecular complexity index is 474. The maximum atomic E-state index is 13.5. The lowest BCUT2D eigenvalue weighted by molar-refractivity contribution is 0.322. The lowest BCUT2D eigenvalue weighted by Crippen LogP contribution is -2.12. The second-order valence-corrected chi connectivity index (χ2v) is 6.04. The number of halogens is 1. The quantitative estimate of drug-likeness (QED) is 0.820. The van der Waals surface area contributed by atoms with Gasteiger partial charge in [0.25, 0.3) is 0 Å².